The van der Waals surface area contributed by atoms with Crippen molar-refractivity contribution in [3.05, 3.63) is 54.8 Å². The van der Waals surface area contributed by atoms with E-state index < -0.39 is 27.0 Å². The molecule has 32 heavy (non-hydrogen) atoms. The fraction of sp³-hybridized carbons (Fsp3) is 0.435. The summed E-state index contributed by atoms with van der Waals surface area (Å²) < 4.78 is 50.0. The minimum absolute atomic E-state index is 0.198. The van der Waals surface area contributed by atoms with Crippen LogP contribution in [0.3, 0.4) is 0 Å². The van der Waals surface area contributed by atoms with E-state index in [0.29, 0.717) is 34.9 Å². The number of hydrogen-bond donors (Lipinski definition) is 1. The highest BCUT2D eigenvalue weighted by Crippen LogP contribution is 2.37. The van der Waals surface area contributed by atoms with Gasteiger partial charge in [0.05, 0.1) is 22.9 Å². The lowest BCUT2D eigenvalue weighted by Crippen LogP contribution is -2.37. The Morgan fingerprint density at radius 1 is 1.25 bits per heavy atom. The highest BCUT2D eigenvalue weighted by molar-refractivity contribution is 7.91. The SMILES string of the molecule is C=C(N(CC1CCS(=O)(=O)CC1)c1ccc([S+]([O-])c2ccnc(F)c2)cc1N)C(C)(C)C. The van der Waals surface area contributed by atoms with E-state index in [4.69, 9.17) is 5.73 Å². The fourth-order valence-electron chi connectivity index (χ4n) is 3.67. The molecule has 1 aliphatic heterocycles. The maximum absolute atomic E-state index is 13.4. The molecule has 0 aliphatic carbocycles. The molecular formula is C23H30FN3O3S2. The van der Waals surface area contributed by atoms with E-state index in [2.05, 4.69) is 37.2 Å². The number of aromatic nitrogens is 1. The van der Waals surface area contributed by atoms with Crippen molar-refractivity contribution < 1.29 is 17.4 Å². The van der Waals surface area contributed by atoms with Gasteiger partial charge >= 0.3 is 0 Å². The number of pyridine rings is 1. The van der Waals surface area contributed by atoms with E-state index >= 15 is 0 Å². The molecule has 1 aliphatic rings. The maximum Gasteiger partial charge on any atom is 0.217 e. The lowest BCUT2D eigenvalue weighted by atomic mass is 9.90. The molecule has 1 aromatic carbocycles. The molecule has 0 bridgehead atoms. The van der Waals surface area contributed by atoms with Crippen molar-refractivity contribution in [2.75, 3.05) is 28.7 Å². The standard InChI is InChI=1S/C23H30FN3O3S2/c1-16(23(2,3)4)27(15-17-8-11-32(29,30)12-9-17)21-6-5-18(13-20(21)25)31(28)19-7-10-26-22(24)14-19/h5-7,10,13-14,17H,1,8-9,11-12,15,25H2,2-4H3. The minimum atomic E-state index is -2.95. The molecule has 174 valence electrons. The zero-order valence-electron chi connectivity index (χ0n) is 18.7. The van der Waals surface area contributed by atoms with E-state index in [-0.39, 0.29) is 22.8 Å². The fourth-order valence-corrected chi connectivity index (χ4v) is 6.34. The van der Waals surface area contributed by atoms with Gasteiger partial charge in [-0.3, -0.25) is 0 Å². The number of anilines is 2. The first-order valence-electron chi connectivity index (χ1n) is 10.5. The molecule has 6 nitrogen and oxygen atoms in total. The van der Waals surface area contributed by atoms with Gasteiger partial charge < -0.3 is 15.2 Å². The summed E-state index contributed by atoms with van der Waals surface area (Å²) in [5, 5.41) is 0. The van der Waals surface area contributed by atoms with Gasteiger partial charge in [-0.15, -0.1) is 0 Å². The van der Waals surface area contributed by atoms with Gasteiger partial charge in [0.25, 0.3) is 0 Å². The third-order valence-electron chi connectivity index (χ3n) is 5.72. The number of benzene rings is 1. The van der Waals surface area contributed by atoms with E-state index in [1.54, 1.807) is 18.2 Å². The molecule has 1 saturated heterocycles. The van der Waals surface area contributed by atoms with E-state index in [0.717, 1.165) is 17.5 Å². The Labute approximate surface area is 192 Å². The van der Waals surface area contributed by atoms with Crippen molar-refractivity contribution in [3.8, 4) is 0 Å². The molecule has 9 heteroatoms. The van der Waals surface area contributed by atoms with Crippen molar-refractivity contribution in [2.45, 2.75) is 43.4 Å². The summed E-state index contributed by atoms with van der Waals surface area (Å²) in [6.45, 7) is 11.1. The molecule has 2 heterocycles. The second-order valence-corrected chi connectivity index (χ2v) is 13.0. The summed E-state index contributed by atoms with van der Waals surface area (Å²) in [4.78, 5) is 6.32. The van der Waals surface area contributed by atoms with E-state index in [1.807, 2.05) is 0 Å². The van der Waals surface area contributed by atoms with Crippen LogP contribution >= 0.6 is 0 Å². The molecule has 0 amide bonds. The Morgan fingerprint density at radius 2 is 1.88 bits per heavy atom. The van der Waals surface area contributed by atoms with Crippen LogP contribution in [0.1, 0.15) is 33.6 Å². The summed E-state index contributed by atoms with van der Waals surface area (Å²) in [7, 11) is -2.95. The summed E-state index contributed by atoms with van der Waals surface area (Å²) in [6, 6.07) is 7.81. The number of sulfone groups is 1. The summed E-state index contributed by atoms with van der Waals surface area (Å²) >= 11 is -1.60. The molecule has 2 aromatic rings. The van der Waals surface area contributed by atoms with Gasteiger partial charge in [0, 0.05) is 53.2 Å². The number of hydrogen-bond acceptors (Lipinski definition) is 6. The molecule has 1 unspecified atom stereocenters. The van der Waals surface area contributed by atoms with E-state index in [9.17, 15) is 17.4 Å². The number of rotatable bonds is 6. The van der Waals surface area contributed by atoms with Gasteiger partial charge in [-0.25, -0.2) is 13.4 Å². The predicted octanol–water partition coefficient (Wildman–Crippen LogP) is 4.16. The Bertz CT molecular complexity index is 1090. The Hall–Kier alpha value is -2.10. The van der Waals surface area contributed by atoms with Crippen molar-refractivity contribution in [3.63, 3.8) is 0 Å². The summed E-state index contributed by atoms with van der Waals surface area (Å²) in [6.07, 6.45) is 2.48. The zero-order chi connectivity index (χ0) is 23.7. The molecule has 0 radical (unpaired) electrons. The van der Waals surface area contributed by atoms with Gasteiger partial charge in [0.2, 0.25) is 5.95 Å². The van der Waals surface area contributed by atoms with Crippen LogP contribution in [0.25, 0.3) is 0 Å². The second-order valence-electron chi connectivity index (χ2n) is 9.21. The van der Waals surface area contributed by atoms with Crippen LogP contribution in [0, 0.1) is 17.3 Å². The second kappa shape index (κ2) is 9.41. The van der Waals surface area contributed by atoms with Crippen LogP contribution in [0.5, 0.6) is 0 Å². The number of nitrogens with two attached hydrogens (primary N) is 1. The third kappa shape index (κ3) is 5.82. The van der Waals surface area contributed by atoms with Crippen molar-refractivity contribution in [1.29, 1.82) is 0 Å². The number of nitrogens with zero attached hydrogens (tertiary/aromatic N) is 2. The Balaban J connectivity index is 1.90. The van der Waals surface area contributed by atoms with Crippen LogP contribution in [-0.2, 0) is 21.0 Å². The first kappa shape index (κ1) is 24.5. The molecule has 2 N–H and O–H groups in total. The van der Waals surface area contributed by atoms with Gasteiger partial charge in [0.15, 0.2) is 9.79 Å². The lowest BCUT2D eigenvalue weighted by Gasteiger charge is -2.38. The quantitative estimate of drug-likeness (QED) is 0.379. The smallest absolute Gasteiger partial charge is 0.217 e. The van der Waals surface area contributed by atoms with Crippen molar-refractivity contribution >= 4 is 32.4 Å². The van der Waals surface area contributed by atoms with E-state index in [1.165, 1.54) is 12.3 Å². The van der Waals surface area contributed by atoms with Crippen LogP contribution in [0.15, 0.2) is 58.6 Å². The minimum Gasteiger partial charge on any atom is -0.606 e. The molecule has 0 spiro atoms. The van der Waals surface area contributed by atoms with Gasteiger partial charge in [-0.2, -0.15) is 4.39 Å². The highest BCUT2D eigenvalue weighted by Gasteiger charge is 2.30. The highest BCUT2D eigenvalue weighted by atomic mass is 32.2. The summed E-state index contributed by atoms with van der Waals surface area (Å²) in [5.74, 6) is -0.0968. The normalized spacial score (nSPS) is 17.7. The van der Waals surface area contributed by atoms with Crippen molar-refractivity contribution in [1.82, 2.24) is 4.98 Å². The molecule has 3 rings (SSSR count). The average Bonchev–Trinajstić information content (AvgIpc) is 2.71. The topological polar surface area (TPSA) is 99.3 Å². The maximum atomic E-state index is 13.4. The van der Waals surface area contributed by atoms with Crippen molar-refractivity contribution in [2.24, 2.45) is 11.3 Å². The summed E-state index contributed by atoms with van der Waals surface area (Å²) in [5.41, 5.74) is 8.19. The molecular weight excluding hydrogens is 449 g/mol. The number of allylic oxidation sites excluding steroid dienone is 1. The van der Waals surface area contributed by atoms with Gasteiger partial charge in [-0.1, -0.05) is 27.4 Å². The molecule has 0 saturated carbocycles. The number of nitrogen functional groups attached to an aromatic ring is 1. The van der Waals surface area contributed by atoms with Crippen LogP contribution in [0.2, 0.25) is 0 Å². The first-order valence-corrected chi connectivity index (χ1v) is 13.4. The number of halogens is 1. The Morgan fingerprint density at radius 3 is 2.44 bits per heavy atom. The monoisotopic (exact) mass is 479 g/mol. The van der Waals surface area contributed by atoms with Crippen LogP contribution in [0.4, 0.5) is 15.8 Å². The van der Waals surface area contributed by atoms with Crippen LogP contribution < -0.4 is 10.6 Å². The first-order chi connectivity index (χ1) is 14.9. The average molecular weight is 480 g/mol. The van der Waals surface area contributed by atoms with Crippen LogP contribution in [-0.4, -0.2) is 36.0 Å². The molecule has 1 aromatic heterocycles. The zero-order valence-corrected chi connectivity index (χ0v) is 20.3. The lowest BCUT2D eigenvalue weighted by molar-refractivity contribution is 0.434. The predicted molar refractivity (Wildman–Crippen MR) is 127 cm³/mol. The largest absolute Gasteiger partial charge is 0.606 e. The molecule has 1 atom stereocenters. The molecule has 1 fully saturated rings. The third-order valence-corrected chi connectivity index (χ3v) is 8.80. The van der Waals surface area contributed by atoms with Gasteiger partial charge in [-0.05, 0) is 30.9 Å². The Kier molecular flexibility index (Phi) is 7.21. The van der Waals surface area contributed by atoms with Gasteiger partial charge in [0.1, 0.15) is 9.84 Å².